The topological polar surface area (TPSA) is 20.2 Å². The smallest absolute Gasteiger partial charge is 0.127 e. The Balaban J connectivity index is 3.15. The third-order valence-electron chi connectivity index (χ3n) is 2.08. The van der Waals surface area contributed by atoms with Gasteiger partial charge in [-0.15, -0.1) is 0 Å². The fourth-order valence-electron chi connectivity index (χ4n) is 1.14. The first-order chi connectivity index (χ1) is 6.06. The molecule has 0 saturated carbocycles. The molecule has 0 aliphatic carbocycles. The maximum Gasteiger partial charge on any atom is 0.127 e. The highest BCUT2D eigenvalue weighted by atomic mass is 79.9. The fraction of sp³-hybridized carbons (Fsp3) is 0.400. The molecule has 0 spiro atoms. The average Bonchev–Trinajstić information content (AvgIpc) is 2.10. The van der Waals surface area contributed by atoms with Gasteiger partial charge >= 0.3 is 0 Å². The third-order valence-corrected chi connectivity index (χ3v) is 2.94. The van der Waals surface area contributed by atoms with Crippen molar-refractivity contribution in [1.29, 1.82) is 0 Å². The van der Waals surface area contributed by atoms with Crippen molar-refractivity contribution in [3.8, 4) is 0 Å². The molecular weight excluding hydrogens is 235 g/mol. The van der Waals surface area contributed by atoms with Gasteiger partial charge in [0.05, 0.1) is 0 Å². The van der Waals surface area contributed by atoms with Gasteiger partial charge in [-0.2, -0.15) is 0 Å². The molecule has 0 amide bonds. The third kappa shape index (κ3) is 2.29. The van der Waals surface area contributed by atoms with Crippen LogP contribution in [0.25, 0.3) is 0 Å². The van der Waals surface area contributed by atoms with Crippen molar-refractivity contribution in [2.75, 3.05) is 6.61 Å². The molecule has 1 rings (SSSR count). The SMILES string of the molecule is Cc1cc(F)c(C(C)CO)cc1Br. The standard InChI is InChI=1S/C10H12BrFO/c1-6-3-10(12)8(4-9(6)11)7(2)5-13/h3-4,7,13H,5H2,1-2H3. The zero-order chi connectivity index (χ0) is 10.0. The van der Waals surface area contributed by atoms with E-state index in [-0.39, 0.29) is 18.3 Å². The van der Waals surface area contributed by atoms with E-state index < -0.39 is 0 Å². The van der Waals surface area contributed by atoms with Gasteiger partial charge in [-0.05, 0) is 30.2 Å². The zero-order valence-corrected chi connectivity index (χ0v) is 9.23. The number of rotatable bonds is 2. The van der Waals surface area contributed by atoms with Gasteiger partial charge in [-0.1, -0.05) is 22.9 Å². The first-order valence-corrected chi connectivity index (χ1v) is 4.92. The first-order valence-electron chi connectivity index (χ1n) is 4.12. The molecule has 0 aromatic heterocycles. The van der Waals surface area contributed by atoms with Gasteiger partial charge in [0.15, 0.2) is 0 Å². The summed E-state index contributed by atoms with van der Waals surface area (Å²) in [5.41, 5.74) is 1.42. The van der Waals surface area contributed by atoms with E-state index >= 15 is 0 Å². The van der Waals surface area contributed by atoms with E-state index in [9.17, 15) is 4.39 Å². The number of aliphatic hydroxyl groups excluding tert-OH is 1. The van der Waals surface area contributed by atoms with Crippen LogP contribution in [0.4, 0.5) is 4.39 Å². The lowest BCUT2D eigenvalue weighted by molar-refractivity contribution is 0.270. The average molecular weight is 247 g/mol. The molecule has 1 N–H and O–H groups in total. The van der Waals surface area contributed by atoms with Crippen LogP contribution in [-0.4, -0.2) is 11.7 Å². The highest BCUT2D eigenvalue weighted by Gasteiger charge is 2.11. The molecule has 0 saturated heterocycles. The molecule has 0 radical (unpaired) electrons. The van der Waals surface area contributed by atoms with Crippen molar-refractivity contribution in [2.24, 2.45) is 0 Å². The Kier molecular flexibility index (Phi) is 3.45. The summed E-state index contributed by atoms with van der Waals surface area (Å²) in [6.45, 7) is 3.59. The Hall–Kier alpha value is -0.410. The molecule has 1 aromatic carbocycles. The number of halogens is 2. The van der Waals surface area contributed by atoms with Gasteiger partial charge < -0.3 is 5.11 Å². The van der Waals surface area contributed by atoms with E-state index in [0.717, 1.165) is 10.0 Å². The molecule has 13 heavy (non-hydrogen) atoms. The second-order valence-corrected chi connectivity index (χ2v) is 4.06. The summed E-state index contributed by atoms with van der Waals surface area (Å²) in [6.07, 6.45) is 0. The van der Waals surface area contributed by atoms with E-state index in [2.05, 4.69) is 15.9 Å². The Morgan fingerprint density at radius 1 is 1.54 bits per heavy atom. The van der Waals surface area contributed by atoms with E-state index in [4.69, 9.17) is 5.11 Å². The number of hydrogen-bond acceptors (Lipinski definition) is 1. The number of benzene rings is 1. The van der Waals surface area contributed by atoms with Crippen molar-refractivity contribution in [2.45, 2.75) is 19.8 Å². The molecule has 0 fully saturated rings. The predicted octanol–water partition coefficient (Wildman–Crippen LogP) is 2.99. The van der Waals surface area contributed by atoms with E-state index in [1.54, 1.807) is 13.0 Å². The number of aryl methyl sites for hydroxylation is 1. The van der Waals surface area contributed by atoms with Crippen molar-refractivity contribution in [3.05, 3.63) is 33.5 Å². The molecule has 0 aliphatic rings. The molecule has 0 bridgehead atoms. The Morgan fingerprint density at radius 2 is 2.15 bits per heavy atom. The highest BCUT2D eigenvalue weighted by Crippen LogP contribution is 2.25. The molecule has 1 atom stereocenters. The molecule has 3 heteroatoms. The minimum atomic E-state index is -0.248. The van der Waals surface area contributed by atoms with Crippen molar-refractivity contribution >= 4 is 15.9 Å². The normalized spacial score (nSPS) is 13.0. The molecule has 1 aromatic rings. The molecule has 0 aliphatic heterocycles. The number of aliphatic hydroxyl groups is 1. The summed E-state index contributed by atoms with van der Waals surface area (Å²) in [6, 6.07) is 3.21. The molecular formula is C10H12BrFO. The van der Waals surface area contributed by atoms with Crippen LogP contribution in [0.15, 0.2) is 16.6 Å². The van der Waals surface area contributed by atoms with Gasteiger partial charge in [0.25, 0.3) is 0 Å². The fourth-order valence-corrected chi connectivity index (χ4v) is 1.50. The summed E-state index contributed by atoms with van der Waals surface area (Å²) in [4.78, 5) is 0. The Labute approximate surface area is 85.7 Å². The van der Waals surface area contributed by atoms with Crippen LogP contribution in [0.2, 0.25) is 0 Å². The first kappa shape index (κ1) is 10.7. The largest absolute Gasteiger partial charge is 0.396 e. The van der Waals surface area contributed by atoms with Crippen LogP contribution in [0.5, 0.6) is 0 Å². The van der Waals surface area contributed by atoms with Gasteiger partial charge in [0.2, 0.25) is 0 Å². The van der Waals surface area contributed by atoms with Gasteiger partial charge in [-0.3, -0.25) is 0 Å². The summed E-state index contributed by atoms with van der Waals surface area (Å²) in [5.74, 6) is -0.404. The monoisotopic (exact) mass is 246 g/mol. The quantitative estimate of drug-likeness (QED) is 0.851. The molecule has 72 valence electrons. The van der Waals surface area contributed by atoms with Crippen molar-refractivity contribution in [1.82, 2.24) is 0 Å². The zero-order valence-electron chi connectivity index (χ0n) is 7.64. The lowest BCUT2D eigenvalue weighted by Crippen LogP contribution is -2.02. The van der Waals surface area contributed by atoms with Crippen LogP contribution >= 0.6 is 15.9 Å². The van der Waals surface area contributed by atoms with Gasteiger partial charge in [0, 0.05) is 17.0 Å². The van der Waals surface area contributed by atoms with Crippen LogP contribution in [0.3, 0.4) is 0 Å². The van der Waals surface area contributed by atoms with Crippen molar-refractivity contribution < 1.29 is 9.50 Å². The molecule has 1 unspecified atom stereocenters. The minimum absolute atomic E-state index is 0.0353. The maximum atomic E-state index is 13.3. The van der Waals surface area contributed by atoms with Crippen LogP contribution in [0, 0.1) is 12.7 Å². The summed E-state index contributed by atoms with van der Waals surface area (Å²) < 4.78 is 14.2. The van der Waals surface area contributed by atoms with Crippen LogP contribution in [0.1, 0.15) is 24.0 Å². The van der Waals surface area contributed by atoms with Crippen LogP contribution in [-0.2, 0) is 0 Å². The summed E-state index contributed by atoms with van der Waals surface area (Å²) in [5, 5.41) is 8.89. The summed E-state index contributed by atoms with van der Waals surface area (Å²) >= 11 is 3.33. The highest BCUT2D eigenvalue weighted by molar-refractivity contribution is 9.10. The molecule has 0 heterocycles. The second-order valence-electron chi connectivity index (χ2n) is 3.21. The Bertz CT molecular complexity index is 312. The van der Waals surface area contributed by atoms with Crippen molar-refractivity contribution in [3.63, 3.8) is 0 Å². The summed E-state index contributed by atoms with van der Waals surface area (Å²) in [7, 11) is 0. The maximum absolute atomic E-state index is 13.3. The number of hydrogen-bond donors (Lipinski definition) is 1. The van der Waals surface area contributed by atoms with Gasteiger partial charge in [-0.25, -0.2) is 4.39 Å². The predicted molar refractivity (Wildman–Crippen MR) is 54.3 cm³/mol. The lowest BCUT2D eigenvalue weighted by atomic mass is 10.0. The van der Waals surface area contributed by atoms with E-state index in [0.29, 0.717) is 5.56 Å². The van der Waals surface area contributed by atoms with E-state index in [1.807, 2.05) is 6.92 Å². The van der Waals surface area contributed by atoms with Gasteiger partial charge in [0.1, 0.15) is 5.82 Å². The lowest BCUT2D eigenvalue weighted by Gasteiger charge is -2.11. The molecule has 1 nitrogen and oxygen atoms in total. The second kappa shape index (κ2) is 4.20. The minimum Gasteiger partial charge on any atom is -0.396 e. The van der Waals surface area contributed by atoms with Crippen LogP contribution < -0.4 is 0 Å². The Morgan fingerprint density at radius 3 is 2.69 bits per heavy atom. The van der Waals surface area contributed by atoms with E-state index in [1.165, 1.54) is 6.07 Å².